The van der Waals surface area contributed by atoms with Crippen LogP contribution in [0.25, 0.3) is 0 Å². The molecule has 2 aromatic heterocycles. The first kappa shape index (κ1) is 19.2. The Morgan fingerprint density at radius 2 is 1.86 bits per heavy atom. The molecule has 1 atom stereocenters. The first-order chi connectivity index (χ1) is 13.5. The van der Waals surface area contributed by atoms with Crippen LogP contribution >= 0.6 is 0 Å². The minimum absolute atomic E-state index is 0.0101. The summed E-state index contributed by atoms with van der Waals surface area (Å²) in [5, 5.41) is 5.23. The zero-order valence-corrected chi connectivity index (χ0v) is 15.4. The fraction of sp³-hybridized carbons (Fsp3) is 0.190. The van der Waals surface area contributed by atoms with Crippen molar-refractivity contribution in [2.24, 2.45) is 0 Å². The summed E-state index contributed by atoms with van der Waals surface area (Å²) in [5.74, 6) is -0.350. The topological polar surface area (TPSA) is 93.3 Å². The number of carbonyl (C=O) groups is 2. The summed E-state index contributed by atoms with van der Waals surface area (Å²) in [6.07, 6.45) is 3.15. The molecule has 2 heterocycles. The van der Waals surface area contributed by atoms with Crippen molar-refractivity contribution >= 4 is 11.8 Å². The van der Waals surface area contributed by atoms with Crippen molar-refractivity contribution in [1.82, 2.24) is 15.2 Å². The smallest absolute Gasteiger partial charge is 0.263 e. The second-order valence-electron chi connectivity index (χ2n) is 6.33. The summed E-state index contributed by atoms with van der Waals surface area (Å²) < 4.78 is 6.61. The molecule has 0 aliphatic carbocycles. The molecule has 2 N–H and O–H groups in total. The van der Waals surface area contributed by atoms with Gasteiger partial charge in [0, 0.05) is 6.20 Å². The number of benzene rings is 1. The van der Waals surface area contributed by atoms with Crippen molar-refractivity contribution in [3.05, 3.63) is 94.3 Å². The maximum Gasteiger partial charge on any atom is 0.263 e. The average Bonchev–Trinajstić information content (AvgIpc) is 3.22. The normalized spacial score (nSPS) is 11.6. The number of nitrogens with zero attached hydrogens (tertiary/aromatic N) is 1. The second-order valence-corrected chi connectivity index (χ2v) is 6.33. The zero-order chi connectivity index (χ0) is 19.9. The van der Waals surface area contributed by atoms with Gasteiger partial charge in [0.2, 0.25) is 5.91 Å². The van der Waals surface area contributed by atoms with E-state index in [1.54, 1.807) is 31.3 Å². The van der Waals surface area contributed by atoms with Gasteiger partial charge in [0.1, 0.15) is 17.4 Å². The van der Waals surface area contributed by atoms with E-state index in [0.29, 0.717) is 12.3 Å². The van der Waals surface area contributed by atoms with Gasteiger partial charge in [-0.15, -0.1) is 0 Å². The zero-order valence-electron chi connectivity index (χ0n) is 15.4. The van der Waals surface area contributed by atoms with Crippen LogP contribution in [0.3, 0.4) is 0 Å². The Morgan fingerprint density at radius 1 is 1.07 bits per heavy atom. The molecule has 7 nitrogen and oxygen atoms in total. The lowest BCUT2D eigenvalue weighted by Crippen LogP contribution is -2.46. The maximum absolute atomic E-state index is 12.6. The summed E-state index contributed by atoms with van der Waals surface area (Å²) in [4.78, 5) is 37.3. The van der Waals surface area contributed by atoms with Crippen LogP contribution in [0.15, 0.2) is 76.3 Å². The lowest BCUT2D eigenvalue weighted by molar-refractivity contribution is -0.122. The Kier molecular flexibility index (Phi) is 6.06. The third-order valence-electron chi connectivity index (χ3n) is 4.22. The molecule has 1 aromatic carbocycles. The van der Waals surface area contributed by atoms with Gasteiger partial charge >= 0.3 is 0 Å². The van der Waals surface area contributed by atoms with Crippen LogP contribution in [0.2, 0.25) is 0 Å². The van der Waals surface area contributed by atoms with Gasteiger partial charge < -0.3 is 19.6 Å². The molecule has 3 rings (SSSR count). The molecule has 0 aliphatic heterocycles. The number of carbonyl (C=O) groups excluding carboxylic acids is 2. The van der Waals surface area contributed by atoms with Crippen molar-refractivity contribution in [3.63, 3.8) is 0 Å². The molecular formula is C21H21N3O4. The van der Waals surface area contributed by atoms with Crippen LogP contribution in [-0.2, 0) is 17.9 Å². The summed E-state index contributed by atoms with van der Waals surface area (Å²) in [5.41, 5.74) is 0.531. The lowest BCUT2D eigenvalue weighted by Gasteiger charge is -2.14. The molecule has 0 aliphatic rings. The molecule has 1 unspecified atom stereocenters. The number of hydrogen-bond acceptors (Lipinski definition) is 4. The predicted octanol–water partition coefficient (Wildman–Crippen LogP) is 1.92. The highest BCUT2D eigenvalue weighted by Crippen LogP contribution is 2.02. The molecule has 0 saturated heterocycles. The molecule has 144 valence electrons. The molecule has 0 radical (unpaired) electrons. The standard InChI is InChI=1S/C21H21N3O4/c1-15(19(25)22-13-17-9-6-12-28-17)23-20(26)18-10-5-11-24(21(18)27)14-16-7-3-2-4-8-16/h2-12,15H,13-14H2,1H3,(H,22,25)(H,23,26). The Labute approximate surface area is 162 Å². The molecule has 0 saturated carbocycles. The summed E-state index contributed by atoms with van der Waals surface area (Å²) >= 11 is 0. The maximum atomic E-state index is 12.6. The van der Waals surface area contributed by atoms with Gasteiger partial charge in [0.25, 0.3) is 11.5 Å². The molecule has 3 aromatic rings. The number of rotatable bonds is 7. The van der Waals surface area contributed by atoms with E-state index in [1.807, 2.05) is 30.3 Å². The molecule has 0 bridgehead atoms. The highest BCUT2D eigenvalue weighted by molar-refractivity contribution is 5.97. The van der Waals surface area contributed by atoms with Gasteiger partial charge in [-0.3, -0.25) is 14.4 Å². The highest BCUT2D eigenvalue weighted by atomic mass is 16.3. The van der Waals surface area contributed by atoms with Crippen LogP contribution in [0.5, 0.6) is 0 Å². The minimum Gasteiger partial charge on any atom is -0.467 e. The van der Waals surface area contributed by atoms with Crippen molar-refractivity contribution in [2.45, 2.75) is 26.1 Å². The van der Waals surface area contributed by atoms with Crippen molar-refractivity contribution in [1.29, 1.82) is 0 Å². The van der Waals surface area contributed by atoms with Gasteiger partial charge in [0.15, 0.2) is 0 Å². The predicted molar refractivity (Wildman–Crippen MR) is 104 cm³/mol. The second kappa shape index (κ2) is 8.85. The first-order valence-corrected chi connectivity index (χ1v) is 8.89. The van der Waals surface area contributed by atoms with Crippen LogP contribution in [-0.4, -0.2) is 22.4 Å². The lowest BCUT2D eigenvalue weighted by atomic mass is 10.2. The fourth-order valence-electron chi connectivity index (χ4n) is 2.69. The SMILES string of the molecule is CC(NC(=O)c1cccn(Cc2ccccc2)c1=O)C(=O)NCc1ccco1. The highest BCUT2D eigenvalue weighted by Gasteiger charge is 2.19. The van der Waals surface area contributed by atoms with Gasteiger partial charge in [0.05, 0.1) is 19.4 Å². The van der Waals surface area contributed by atoms with E-state index in [0.717, 1.165) is 5.56 Å². The number of pyridine rings is 1. The largest absolute Gasteiger partial charge is 0.467 e. The Morgan fingerprint density at radius 3 is 2.57 bits per heavy atom. The number of aromatic nitrogens is 1. The van der Waals surface area contributed by atoms with Crippen LogP contribution in [0.1, 0.15) is 28.6 Å². The number of furan rings is 1. The molecular weight excluding hydrogens is 358 g/mol. The third-order valence-corrected chi connectivity index (χ3v) is 4.22. The summed E-state index contributed by atoms with van der Waals surface area (Å²) in [6.45, 7) is 2.14. The third kappa shape index (κ3) is 4.76. The monoisotopic (exact) mass is 379 g/mol. The first-order valence-electron chi connectivity index (χ1n) is 8.89. The Bertz CT molecular complexity index is 994. The van der Waals surface area contributed by atoms with E-state index in [2.05, 4.69) is 10.6 Å². The van der Waals surface area contributed by atoms with Crippen LogP contribution < -0.4 is 16.2 Å². The number of amides is 2. The number of hydrogen-bond donors (Lipinski definition) is 2. The van der Waals surface area contributed by atoms with Gasteiger partial charge in [-0.1, -0.05) is 30.3 Å². The van der Waals surface area contributed by atoms with Crippen molar-refractivity contribution < 1.29 is 14.0 Å². The number of nitrogens with one attached hydrogen (secondary N) is 2. The van der Waals surface area contributed by atoms with Gasteiger partial charge in [-0.2, -0.15) is 0 Å². The van der Waals surface area contributed by atoms with E-state index in [9.17, 15) is 14.4 Å². The van der Waals surface area contributed by atoms with E-state index >= 15 is 0 Å². The van der Waals surface area contributed by atoms with Crippen molar-refractivity contribution in [2.75, 3.05) is 0 Å². The molecule has 28 heavy (non-hydrogen) atoms. The quantitative estimate of drug-likeness (QED) is 0.656. The molecule has 0 fully saturated rings. The fourth-order valence-corrected chi connectivity index (χ4v) is 2.69. The van der Waals surface area contributed by atoms with Crippen LogP contribution in [0.4, 0.5) is 0 Å². The Hall–Kier alpha value is -3.61. The minimum atomic E-state index is -0.801. The van der Waals surface area contributed by atoms with Crippen molar-refractivity contribution in [3.8, 4) is 0 Å². The van der Waals surface area contributed by atoms with E-state index in [1.165, 1.54) is 16.9 Å². The van der Waals surface area contributed by atoms with Crippen LogP contribution in [0, 0.1) is 0 Å². The summed E-state index contributed by atoms with van der Waals surface area (Å²) in [6, 6.07) is 15.2. The molecule has 7 heteroatoms. The van der Waals surface area contributed by atoms with Gasteiger partial charge in [-0.25, -0.2) is 0 Å². The van der Waals surface area contributed by atoms with E-state index in [-0.39, 0.29) is 18.0 Å². The molecule has 2 amide bonds. The van der Waals surface area contributed by atoms with E-state index in [4.69, 9.17) is 4.42 Å². The Balaban J connectivity index is 1.64. The summed E-state index contributed by atoms with van der Waals surface area (Å²) in [7, 11) is 0. The molecule has 0 spiro atoms. The van der Waals surface area contributed by atoms with E-state index < -0.39 is 17.5 Å². The van der Waals surface area contributed by atoms with Gasteiger partial charge in [-0.05, 0) is 36.8 Å². The average molecular weight is 379 g/mol.